The SMILES string of the molecule is O=C(COc1cccc(NC(=O)c2cccc(NC(=O)c3cccnc3)c2)c1)Nc1ccccc1. The first-order valence-electron chi connectivity index (χ1n) is 10.8. The molecule has 0 spiro atoms. The number of nitrogens with zero attached hydrogens (tertiary/aromatic N) is 1. The summed E-state index contributed by atoms with van der Waals surface area (Å²) in [4.78, 5) is 41.1. The van der Waals surface area contributed by atoms with Crippen molar-refractivity contribution < 1.29 is 19.1 Å². The van der Waals surface area contributed by atoms with Gasteiger partial charge in [0.2, 0.25) is 0 Å². The van der Waals surface area contributed by atoms with Crippen LogP contribution in [0.3, 0.4) is 0 Å². The van der Waals surface area contributed by atoms with E-state index in [1.807, 2.05) is 18.2 Å². The van der Waals surface area contributed by atoms with E-state index in [0.29, 0.717) is 33.9 Å². The molecule has 1 heterocycles. The van der Waals surface area contributed by atoms with Crippen molar-refractivity contribution in [2.45, 2.75) is 0 Å². The number of hydrogen-bond donors (Lipinski definition) is 3. The molecule has 3 N–H and O–H groups in total. The second-order valence-electron chi connectivity index (χ2n) is 7.46. The molecule has 4 rings (SSSR count). The number of amides is 3. The van der Waals surface area contributed by atoms with Gasteiger partial charge >= 0.3 is 0 Å². The topological polar surface area (TPSA) is 109 Å². The molecule has 4 aromatic rings. The van der Waals surface area contributed by atoms with Gasteiger partial charge in [-0.3, -0.25) is 19.4 Å². The predicted octanol–water partition coefficient (Wildman–Crippen LogP) is 4.60. The molecule has 174 valence electrons. The molecule has 1 aromatic heterocycles. The third kappa shape index (κ3) is 6.75. The van der Waals surface area contributed by atoms with Crippen molar-refractivity contribution in [3.63, 3.8) is 0 Å². The second kappa shape index (κ2) is 11.2. The molecule has 0 aliphatic rings. The molecule has 0 aliphatic carbocycles. The number of pyridine rings is 1. The van der Waals surface area contributed by atoms with Crippen molar-refractivity contribution in [2.75, 3.05) is 22.6 Å². The van der Waals surface area contributed by atoms with Crippen molar-refractivity contribution in [2.24, 2.45) is 0 Å². The number of aromatic nitrogens is 1. The van der Waals surface area contributed by atoms with E-state index in [9.17, 15) is 14.4 Å². The molecule has 0 saturated heterocycles. The highest BCUT2D eigenvalue weighted by Gasteiger charge is 2.11. The first-order valence-corrected chi connectivity index (χ1v) is 10.8. The van der Waals surface area contributed by atoms with Crippen LogP contribution in [0.5, 0.6) is 5.75 Å². The molecular weight excluding hydrogens is 444 g/mol. The monoisotopic (exact) mass is 466 g/mol. The zero-order chi connectivity index (χ0) is 24.5. The number of anilines is 3. The largest absolute Gasteiger partial charge is 0.484 e. The van der Waals surface area contributed by atoms with E-state index in [1.54, 1.807) is 79.0 Å². The minimum absolute atomic E-state index is 0.176. The Hall–Kier alpha value is -4.98. The van der Waals surface area contributed by atoms with Crippen LogP contribution in [0, 0.1) is 0 Å². The number of para-hydroxylation sites is 1. The Kier molecular flexibility index (Phi) is 7.45. The van der Waals surface area contributed by atoms with E-state index in [1.165, 1.54) is 6.20 Å². The molecule has 0 bridgehead atoms. The maximum Gasteiger partial charge on any atom is 0.262 e. The summed E-state index contributed by atoms with van der Waals surface area (Å²) in [6.07, 6.45) is 3.05. The lowest BCUT2D eigenvalue weighted by molar-refractivity contribution is -0.118. The van der Waals surface area contributed by atoms with Crippen molar-refractivity contribution in [3.8, 4) is 5.75 Å². The van der Waals surface area contributed by atoms with Gasteiger partial charge < -0.3 is 20.7 Å². The molecule has 0 unspecified atom stereocenters. The van der Waals surface area contributed by atoms with E-state index in [4.69, 9.17) is 4.74 Å². The highest BCUT2D eigenvalue weighted by atomic mass is 16.5. The van der Waals surface area contributed by atoms with Gasteiger partial charge in [0, 0.05) is 41.1 Å². The van der Waals surface area contributed by atoms with Gasteiger partial charge in [-0.2, -0.15) is 0 Å². The summed E-state index contributed by atoms with van der Waals surface area (Å²) >= 11 is 0. The Labute approximate surface area is 202 Å². The molecule has 0 saturated carbocycles. The minimum atomic E-state index is -0.360. The van der Waals surface area contributed by atoms with Crippen LogP contribution >= 0.6 is 0 Å². The van der Waals surface area contributed by atoms with Gasteiger partial charge in [-0.05, 0) is 54.6 Å². The lowest BCUT2D eigenvalue weighted by Crippen LogP contribution is -2.20. The maximum absolute atomic E-state index is 12.8. The standard InChI is InChI=1S/C27H22N4O4/c32-25(29-21-9-2-1-3-10-21)18-35-24-13-5-12-23(16-24)31-26(33)19-7-4-11-22(15-19)30-27(34)20-8-6-14-28-17-20/h1-17H,18H2,(H,29,32)(H,30,34)(H,31,33). The van der Waals surface area contributed by atoms with E-state index in [-0.39, 0.29) is 24.3 Å². The summed E-state index contributed by atoms with van der Waals surface area (Å²) < 4.78 is 5.56. The summed E-state index contributed by atoms with van der Waals surface area (Å²) in [7, 11) is 0. The normalized spacial score (nSPS) is 10.2. The van der Waals surface area contributed by atoms with Gasteiger partial charge in [0.1, 0.15) is 5.75 Å². The number of nitrogens with one attached hydrogen (secondary N) is 3. The average molecular weight is 466 g/mol. The zero-order valence-corrected chi connectivity index (χ0v) is 18.6. The quantitative estimate of drug-likeness (QED) is 0.352. The summed E-state index contributed by atoms with van der Waals surface area (Å²) in [6, 6.07) is 25.8. The fraction of sp³-hybridized carbons (Fsp3) is 0.0370. The summed E-state index contributed by atoms with van der Waals surface area (Å²) in [6.45, 7) is -0.176. The van der Waals surface area contributed by atoms with Gasteiger partial charge in [0.15, 0.2) is 6.61 Å². The number of benzene rings is 3. The maximum atomic E-state index is 12.8. The van der Waals surface area contributed by atoms with Crippen LogP contribution in [-0.4, -0.2) is 29.3 Å². The first-order chi connectivity index (χ1) is 17.1. The van der Waals surface area contributed by atoms with Gasteiger partial charge in [0.05, 0.1) is 5.56 Å². The van der Waals surface area contributed by atoms with Crippen LogP contribution in [0.4, 0.5) is 17.1 Å². The predicted molar refractivity (Wildman–Crippen MR) is 134 cm³/mol. The summed E-state index contributed by atoms with van der Waals surface area (Å²) in [5.41, 5.74) is 2.44. The average Bonchev–Trinajstić information content (AvgIpc) is 2.89. The molecule has 0 aliphatic heterocycles. The van der Waals surface area contributed by atoms with Gasteiger partial charge in [-0.25, -0.2) is 0 Å². The van der Waals surface area contributed by atoms with E-state index in [2.05, 4.69) is 20.9 Å². The second-order valence-corrected chi connectivity index (χ2v) is 7.46. The highest BCUT2D eigenvalue weighted by Crippen LogP contribution is 2.19. The van der Waals surface area contributed by atoms with Gasteiger partial charge in [-0.15, -0.1) is 0 Å². The lowest BCUT2D eigenvalue weighted by Gasteiger charge is -2.11. The molecule has 0 fully saturated rings. The van der Waals surface area contributed by atoms with Gasteiger partial charge in [0.25, 0.3) is 17.7 Å². The Morgan fingerprint density at radius 1 is 0.657 bits per heavy atom. The molecule has 8 heteroatoms. The molecule has 35 heavy (non-hydrogen) atoms. The fourth-order valence-electron chi connectivity index (χ4n) is 3.17. The first kappa shape index (κ1) is 23.2. The van der Waals surface area contributed by atoms with Crippen molar-refractivity contribution in [1.29, 1.82) is 0 Å². The lowest BCUT2D eigenvalue weighted by atomic mass is 10.1. The molecule has 3 aromatic carbocycles. The number of rotatable bonds is 8. The zero-order valence-electron chi connectivity index (χ0n) is 18.6. The Morgan fingerprint density at radius 2 is 1.31 bits per heavy atom. The third-order valence-corrected chi connectivity index (χ3v) is 4.83. The Balaban J connectivity index is 1.34. The van der Waals surface area contributed by atoms with Crippen LogP contribution < -0.4 is 20.7 Å². The van der Waals surface area contributed by atoms with Crippen LogP contribution in [0.25, 0.3) is 0 Å². The molecular formula is C27H22N4O4. The van der Waals surface area contributed by atoms with Gasteiger partial charge in [-0.1, -0.05) is 30.3 Å². The summed E-state index contributed by atoms with van der Waals surface area (Å²) in [5.74, 6) is -0.544. The van der Waals surface area contributed by atoms with Crippen molar-refractivity contribution in [3.05, 3.63) is 115 Å². The van der Waals surface area contributed by atoms with Crippen molar-refractivity contribution >= 4 is 34.8 Å². The highest BCUT2D eigenvalue weighted by molar-refractivity contribution is 6.07. The number of carbonyl (C=O) groups excluding carboxylic acids is 3. The van der Waals surface area contributed by atoms with E-state index < -0.39 is 0 Å². The van der Waals surface area contributed by atoms with Crippen LogP contribution in [0.1, 0.15) is 20.7 Å². The van der Waals surface area contributed by atoms with E-state index in [0.717, 1.165) is 0 Å². The smallest absolute Gasteiger partial charge is 0.262 e. The molecule has 0 atom stereocenters. The molecule has 3 amide bonds. The number of ether oxygens (including phenoxy) is 1. The number of hydrogen-bond acceptors (Lipinski definition) is 5. The van der Waals surface area contributed by atoms with E-state index >= 15 is 0 Å². The fourth-order valence-corrected chi connectivity index (χ4v) is 3.17. The third-order valence-electron chi connectivity index (χ3n) is 4.83. The minimum Gasteiger partial charge on any atom is -0.484 e. The van der Waals surface area contributed by atoms with Crippen molar-refractivity contribution in [1.82, 2.24) is 4.98 Å². The molecule has 8 nitrogen and oxygen atoms in total. The van der Waals surface area contributed by atoms with Crippen LogP contribution in [0.2, 0.25) is 0 Å². The molecule has 0 radical (unpaired) electrons. The summed E-state index contributed by atoms with van der Waals surface area (Å²) in [5, 5.41) is 8.29. The van der Waals surface area contributed by atoms with Crippen LogP contribution in [-0.2, 0) is 4.79 Å². The van der Waals surface area contributed by atoms with Crippen LogP contribution in [0.15, 0.2) is 103 Å². The Bertz CT molecular complexity index is 1330. The number of carbonyl (C=O) groups is 3. The Morgan fingerprint density at radius 3 is 2.06 bits per heavy atom.